The van der Waals surface area contributed by atoms with E-state index in [-0.39, 0.29) is 12.0 Å². The molecule has 0 bridgehead atoms. The normalized spacial score (nSPS) is 17.7. The van der Waals surface area contributed by atoms with E-state index in [1.807, 2.05) is 24.4 Å². The van der Waals surface area contributed by atoms with Crippen LogP contribution in [0.25, 0.3) is 10.9 Å². The van der Waals surface area contributed by atoms with Gasteiger partial charge in [0.05, 0.1) is 18.3 Å². The molecule has 130 valence electrons. The van der Waals surface area contributed by atoms with Crippen molar-refractivity contribution in [1.29, 1.82) is 0 Å². The summed E-state index contributed by atoms with van der Waals surface area (Å²) in [5.41, 5.74) is 2.49. The Hall–Kier alpha value is -2.60. The minimum atomic E-state index is -0.158. The van der Waals surface area contributed by atoms with Gasteiger partial charge in [-0.3, -0.25) is 9.89 Å². The third-order valence-corrected chi connectivity index (χ3v) is 4.65. The van der Waals surface area contributed by atoms with Crippen LogP contribution < -0.4 is 5.32 Å². The number of H-pyrrole nitrogens is 1. The molecule has 2 aromatic heterocycles. The highest BCUT2D eigenvalue weighted by atomic mass is 16.5. The highest BCUT2D eigenvalue weighted by Gasteiger charge is 2.16. The summed E-state index contributed by atoms with van der Waals surface area (Å²) in [6.45, 7) is 1.99. The van der Waals surface area contributed by atoms with Crippen molar-refractivity contribution in [3.8, 4) is 0 Å². The molecular weight excluding hydrogens is 316 g/mol. The topological polar surface area (TPSA) is 71.9 Å². The van der Waals surface area contributed by atoms with Gasteiger partial charge in [-0.25, -0.2) is 0 Å². The summed E-state index contributed by atoms with van der Waals surface area (Å²) in [6, 6.07) is 12.1. The summed E-state index contributed by atoms with van der Waals surface area (Å²) in [5.74, 6) is -0.158. The molecule has 1 aromatic carbocycles. The fraction of sp³-hybridized carbons (Fsp3) is 0.368. The lowest BCUT2D eigenvalue weighted by Gasteiger charge is -2.22. The third kappa shape index (κ3) is 3.58. The minimum absolute atomic E-state index is 0.127. The van der Waals surface area contributed by atoms with E-state index in [0.717, 1.165) is 37.1 Å². The Morgan fingerprint density at radius 3 is 3.12 bits per heavy atom. The highest BCUT2D eigenvalue weighted by Crippen LogP contribution is 2.16. The summed E-state index contributed by atoms with van der Waals surface area (Å²) in [6.07, 6.45) is 5.46. The van der Waals surface area contributed by atoms with Crippen molar-refractivity contribution in [1.82, 2.24) is 20.1 Å². The molecule has 1 amide bonds. The average Bonchev–Trinajstić information content (AvgIpc) is 3.29. The average molecular weight is 338 g/mol. The monoisotopic (exact) mass is 338 g/mol. The van der Waals surface area contributed by atoms with Gasteiger partial charge in [-0.15, -0.1) is 0 Å². The van der Waals surface area contributed by atoms with Crippen LogP contribution >= 0.6 is 0 Å². The molecule has 1 saturated heterocycles. The molecule has 25 heavy (non-hydrogen) atoms. The van der Waals surface area contributed by atoms with Gasteiger partial charge in [-0.05, 0) is 42.8 Å². The number of fused-ring (bicyclic) bond motifs is 1. The SMILES string of the molecule is O=C(NC[C@H]1CCCCO1)c1cc(Cn2ccc3ccccc32)[nH]n1. The van der Waals surface area contributed by atoms with Crippen LogP contribution in [0.4, 0.5) is 0 Å². The maximum absolute atomic E-state index is 12.3. The quantitative estimate of drug-likeness (QED) is 0.751. The number of aromatic amines is 1. The van der Waals surface area contributed by atoms with Crippen molar-refractivity contribution in [2.75, 3.05) is 13.2 Å². The number of amides is 1. The van der Waals surface area contributed by atoms with Gasteiger partial charge in [0.1, 0.15) is 5.69 Å². The zero-order chi connectivity index (χ0) is 17.1. The van der Waals surface area contributed by atoms with Gasteiger partial charge in [0.2, 0.25) is 0 Å². The van der Waals surface area contributed by atoms with Gasteiger partial charge in [-0.1, -0.05) is 18.2 Å². The van der Waals surface area contributed by atoms with Crippen LogP contribution in [0, 0.1) is 0 Å². The maximum atomic E-state index is 12.3. The number of hydrogen-bond donors (Lipinski definition) is 2. The number of carbonyl (C=O) groups is 1. The second kappa shape index (κ2) is 7.11. The van der Waals surface area contributed by atoms with Crippen LogP contribution in [0.1, 0.15) is 35.4 Å². The first-order valence-electron chi connectivity index (χ1n) is 8.77. The Labute approximate surface area is 146 Å². The summed E-state index contributed by atoms with van der Waals surface area (Å²) >= 11 is 0. The van der Waals surface area contributed by atoms with Crippen molar-refractivity contribution in [3.05, 3.63) is 54.0 Å². The van der Waals surface area contributed by atoms with Gasteiger partial charge in [-0.2, -0.15) is 5.10 Å². The van der Waals surface area contributed by atoms with Crippen LogP contribution in [0.3, 0.4) is 0 Å². The second-order valence-electron chi connectivity index (χ2n) is 6.48. The number of carbonyl (C=O) groups excluding carboxylic acids is 1. The molecule has 1 atom stereocenters. The lowest BCUT2D eigenvalue weighted by molar-refractivity contribution is 0.0168. The number of nitrogens with zero attached hydrogens (tertiary/aromatic N) is 2. The van der Waals surface area contributed by atoms with E-state index in [1.54, 1.807) is 0 Å². The first-order valence-corrected chi connectivity index (χ1v) is 8.77. The summed E-state index contributed by atoms with van der Waals surface area (Å²) in [4.78, 5) is 12.3. The maximum Gasteiger partial charge on any atom is 0.271 e. The van der Waals surface area contributed by atoms with Crippen LogP contribution in [0.2, 0.25) is 0 Å². The van der Waals surface area contributed by atoms with E-state index in [9.17, 15) is 4.79 Å². The van der Waals surface area contributed by atoms with Crippen molar-refractivity contribution < 1.29 is 9.53 Å². The first-order chi connectivity index (χ1) is 12.3. The molecule has 0 aliphatic carbocycles. The zero-order valence-electron chi connectivity index (χ0n) is 14.1. The molecule has 1 aliphatic rings. The minimum Gasteiger partial charge on any atom is -0.376 e. The third-order valence-electron chi connectivity index (χ3n) is 4.65. The molecule has 6 nitrogen and oxygen atoms in total. The molecule has 0 unspecified atom stereocenters. The molecule has 0 saturated carbocycles. The second-order valence-corrected chi connectivity index (χ2v) is 6.48. The number of hydrogen-bond acceptors (Lipinski definition) is 3. The summed E-state index contributed by atoms with van der Waals surface area (Å²) in [7, 11) is 0. The molecular formula is C19H22N4O2. The Morgan fingerprint density at radius 1 is 1.32 bits per heavy atom. The van der Waals surface area contributed by atoms with Crippen LogP contribution in [-0.2, 0) is 11.3 Å². The predicted octanol–water partition coefficient (Wildman–Crippen LogP) is 2.71. The van der Waals surface area contributed by atoms with Crippen LogP contribution in [-0.4, -0.2) is 39.9 Å². The van der Waals surface area contributed by atoms with Crippen molar-refractivity contribution in [3.63, 3.8) is 0 Å². The molecule has 6 heteroatoms. The fourth-order valence-corrected chi connectivity index (χ4v) is 3.29. The van der Waals surface area contributed by atoms with Crippen LogP contribution in [0.15, 0.2) is 42.6 Å². The molecule has 1 aliphatic heterocycles. The van der Waals surface area contributed by atoms with Crippen molar-refractivity contribution in [2.24, 2.45) is 0 Å². The Balaban J connectivity index is 1.38. The van der Waals surface area contributed by atoms with E-state index >= 15 is 0 Å². The molecule has 1 fully saturated rings. The number of para-hydroxylation sites is 1. The van der Waals surface area contributed by atoms with E-state index in [4.69, 9.17) is 4.74 Å². The molecule has 0 radical (unpaired) electrons. The van der Waals surface area contributed by atoms with Gasteiger partial charge in [0.15, 0.2) is 0 Å². The van der Waals surface area contributed by atoms with Crippen LogP contribution in [0.5, 0.6) is 0 Å². The van der Waals surface area contributed by atoms with Crippen molar-refractivity contribution >= 4 is 16.8 Å². The van der Waals surface area contributed by atoms with E-state index < -0.39 is 0 Å². The number of benzene rings is 1. The number of rotatable bonds is 5. The van der Waals surface area contributed by atoms with Gasteiger partial charge in [0.25, 0.3) is 5.91 Å². The first kappa shape index (κ1) is 15.9. The smallest absolute Gasteiger partial charge is 0.271 e. The van der Waals surface area contributed by atoms with Crippen molar-refractivity contribution in [2.45, 2.75) is 31.9 Å². The Kier molecular flexibility index (Phi) is 4.52. The number of aromatic nitrogens is 3. The van der Waals surface area contributed by atoms with Gasteiger partial charge < -0.3 is 14.6 Å². The van der Waals surface area contributed by atoms with Gasteiger partial charge in [0, 0.05) is 24.9 Å². The molecule has 4 rings (SSSR count). The molecule has 3 heterocycles. The number of ether oxygens (including phenoxy) is 1. The summed E-state index contributed by atoms with van der Waals surface area (Å²) < 4.78 is 7.77. The largest absolute Gasteiger partial charge is 0.376 e. The lowest BCUT2D eigenvalue weighted by Crippen LogP contribution is -2.35. The zero-order valence-corrected chi connectivity index (χ0v) is 14.1. The Morgan fingerprint density at radius 2 is 2.24 bits per heavy atom. The molecule has 2 N–H and O–H groups in total. The fourth-order valence-electron chi connectivity index (χ4n) is 3.29. The predicted molar refractivity (Wildman–Crippen MR) is 95.6 cm³/mol. The summed E-state index contributed by atoms with van der Waals surface area (Å²) in [5, 5.41) is 11.2. The van der Waals surface area contributed by atoms with Gasteiger partial charge >= 0.3 is 0 Å². The standard InChI is InChI=1S/C19H22N4O2/c24-19(20-12-16-6-3-4-10-25-16)17-11-15(21-22-17)13-23-9-8-14-5-1-2-7-18(14)23/h1-2,5,7-9,11,16H,3-4,6,10,12-13H2,(H,20,24)(H,21,22)/t16-/m1/s1. The Bertz CT molecular complexity index is 861. The number of nitrogens with one attached hydrogen (secondary N) is 2. The molecule has 0 spiro atoms. The van der Waals surface area contributed by atoms with E-state index in [0.29, 0.717) is 18.8 Å². The highest BCUT2D eigenvalue weighted by molar-refractivity contribution is 5.92. The molecule has 3 aromatic rings. The van der Waals surface area contributed by atoms with E-state index in [2.05, 4.69) is 38.3 Å². The van der Waals surface area contributed by atoms with E-state index in [1.165, 1.54) is 5.39 Å². The lowest BCUT2D eigenvalue weighted by atomic mass is 10.1.